The molecule has 0 aliphatic rings. The van der Waals surface area contributed by atoms with Gasteiger partial charge in [0.05, 0.1) is 18.2 Å². The first-order valence-electron chi connectivity index (χ1n) is 8.60. The molecule has 0 atom stereocenters. The Labute approximate surface area is 165 Å². The summed E-state index contributed by atoms with van der Waals surface area (Å²) in [5.74, 6) is -2.23. The molecule has 146 valence electrons. The van der Waals surface area contributed by atoms with Crippen LogP contribution in [0.2, 0.25) is 0 Å². The molecule has 0 saturated carbocycles. The van der Waals surface area contributed by atoms with Crippen LogP contribution in [-0.4, -0.2) is 24.2 Å². The fourth-order valence-electron chi connectivity index (χ4n) is 3.00. The van der Waals surface area contributed by atoms with E-state index in [0.29, 0.717) is 27.1 Å². The molecule has 0 spiro atoms. The molecule has 0 amide bonds. The van der Waals surface area contributed by atoms with E-state index in [0.717, 1.165) is 0 Å². The number of halogens is 2. The summed E-state index contributed by atoms with van der Waals surface area (Å²) >= 11 is 0. The van der Waals surface area contributed by atoms with Crippen LogP contribution in [0.25, 0.3) is 21.5 Å². The summed E-state index contributed by atoms with van der Waals surface area (Å²) in [5.41, 5.74) is 0.511. The maximum absolute atomic E-state index is 13.4. The SMILES string of the molecule is COC(=O)c1ccc(F)c2ccccc12.O=C(O)c1ccc(F)c2ccccc12. The van der Waals surface area contributed by atoms with Crippen LogP contribution in [0.5, 0.6) is 0 Å². The summed E-state index contributed by atoms with van der Waals surface area (Å²) in [6, 6.07) is 18.5. The van der Waals surface area contributed by atoms with Crippen molar-refractivity contribution in [2.75, 3.05) is 7.11 Å². The first kappa shape index (κ1) is 19.9. The van der Waals surface area contributed by atoms with Crippen LogP contribution in [0, 0.1) is 11.6 Å². The van der Waals surface area contributed by atoms with Crippen LogP contribution in [0.4, 0.5) is 8.78 Å². The minimum absolute atomic E-state index is 0.127. The molecule has 4 rings (SSSR count). The zero-order valence-corrected chi connectivity index (χ0v) is 15.4. The van der Waals surface area contributed by atoms with E-state index >= 15 is 0 Å². The van der Waals surface area contributed by atoms with Gasteiger partial charge in [0.1, 0.15) is 11.6 Å². The third kappa shape index (κ3) is 4.06. The molecular weight excluding hydrogens is 378 g/mol. The zero-order chi connectivity index (χ0) is 21.0. The highest BCUT2D eigenvalue weighted by Gasteiger charge is 2.12. The van der Waals surface area contributed by atoms with Crippen molar-refractivity contribution in [1.82, 2.24) is 0 Å². The standard InChI is InChI=1S/C12H9FO2.C11H7FO2/c1-15-12(14)10-6-7-11(13)9-5-3-2-4-8(9)10;12-10-6-5-9(11(13)14)7-3-1-2-4-8(7)10/h2-7H,1H3;1-6H,(H,13,14). The van der Waals surface area contributed by atoms with Crippen molar-refractivity contribution in [3.63, 3.8) is 0 Å². The van der Waals surface area contributed by atoms with Gasteiger partial charge in [-0.05, 0) is 35.0 Å². The average Bonchev–Trinajstić information content (AvgIpc) is 2.74. The first-order chi connectivity index (χ1) is 13.9. The van der Waals surface area contributed by atoms with Crippen LogP contribution in [0.3, 0.4) is 0 Å². The van der Waals surface area contributed by atoms with Crippen LogP contribution in [0.15, 0.2) is 72.8 Å². The Morgan fingerprint density at radius 1 is 0.690 bits per heavy atom. The van der Waals surface area contributed by atoms with E-state index in [4.69, 9.17) is 5.11 Å². The molecule has 1 N–H and O–H groups in total. The maximum atomic E-state index is 13.4. The Morgan fingerprint density at radius 2 is 1.10 bits per heavy atom. The van der Waals surface area contributed by atoms with E-state index in [1.807, 2.05) is 0 Å². The van der Waals surface area contributed by atoms with Gasteiger partial charge in [0.2, 0.25) is 0 Å². The van der Waals surface area contributed by atoms with E-state index in [9.17, 15) is 18.4 Å². The second-order valence-electron chi connectivity index (χ2n) is 6.08. The van der Waals surface area contributed by atoms with Gasteiger partial charge < -0.3 is 9.84 Å². The van der Waals surface area contributed by atoms with Crippen molar-refractivity contribution >= 4 is 33.5 Å². The Bertz CT molecular complexity index is 1220. The summed E-state index contributed by atoms with van der Waals surface area (Å²) in [6.07, 6.45) is 0. The zero-order valence-electron chi connectivity index (χ0n) is 15.4. The number of hydrogen-bond acceptors (Lipinski definition) is 3. The topological polar surface area (TPSA) is 63.6 Å². The molecule has 0 saturated heterocycles. The predicted molar refractivity (Wildman–Crippen MR) is 106 cm³/mol. The number of carboxylic acids is 1. The van der Waals surface area contributed by atoms with Crippen molar-refractivity contribution in [3.05, 3.63) is 95.6 Å². The van der Waals surface area contributed by atoms with Gasteiger partial charge in [-0.25, -0.2) is 18.4 Å². The molecule has 0 radical (unpaired) electrons. The highest BCUT2D eigenvalue weighted by atomic mass is 19.1. The number of fused-ring (bicyclic) bond motifs is 2. The number of aromatic carboxylic acids is 1. The quantitative estimate of drug-likeness (QED) is 0.460. The Morgan fingerprint density at radius 3 is 1.55 bits per heavy atom. The van der Waals surface area contributed by atoms with Crippen molar-refractivity contribution < 1.29 is 28.2 Å². The largest absolute Gasteiger partial charge is 0.478 e. The number of carbonyl (C=O) groups excluding carboxylic acids is 1. The molecule has 0 aliphatic carbocycles. The van der Waals surface area contributed by atoms with Crippen molar-refractivity contribution in [2.45, 2.75) is 0 Å². The lowest BCUT2D eigenvalue weighted by Crippen LogP contribution is -2.02. The second kappa shape index (κ2) is 8.48. The summed E-state index contributed by atoms with van der Waals surface area (Å²) < 4.78 is 31.2. The lowest BCUT2D eigenvalue weighted by molar-refractivity contribution is 0.0602. The summed E-state index contributed by atoms with van der Waals surface area (Å²) in [5, 5.41) is 10.6. The first-order valence-corrected chi connectivity index (χ1v) is 8.60. The Balaban J connectivity index is 0.000000166. The highest BCUT2D eigenvalue weighted by Crippen LogP contribution is 2.22. The smallest absolute Gasteiger partial charge is 0.338 e. The number of carbonyl (C=O) groups is 2. The minimum Gasteiger partial charge on any atom is -0.478 e. The van der Waals surface area contributed by atoms with E-state index < -0.39 is 17.8 Å². The molecule has 0 bridgehead atoms. The monoisotopic (exact) mass is 394 g/mol. The van der Waals surface area contributed by atoms with Gasteiger partial charge in [0, 0.05) is 10.8 Å². The molecule has 4 aromatic rings. The molecule has 0 aliphatic heterocycles. The summed E-state index contributed by atoms with van der Waals surface area (Å²) in [4.78, 5) is 22.2. The van der Waals surface area contributed by atoms with Gasteiger partial charge in [-0.15, -0.1) is 0 Å². The third-order valence-corrected chi connectivity index (χ3v) is 4.38. The predicted octanol–water partition coefficient (Wildman–Crippen LogP) is 5.44. The number of esters is 1. The molecule has 0 heterocycles. The van der Waals surface area contributed by atoms with Gasteiger partial charge in [-0.1, -0.05) is 48.5 Å². The Kier molecular flexibility index (Phi) is 5.83. The number of ether oxygens (including phenoxy) is 1. The van der Waals surface area contributed by atoms with Crippen LogP contribution < -0.4 is 0 Å². The van der Waals surface area contributed by atoms with Gasteiger partial charge in [-0.3, -0.25) is 0 Å². The van der Waals surface area contributed by atoms with E-state index in [1.165, 1.54) is 31.4 Å². The van der Waals surface area contributed by atoms with Crippen LogP contribution in [0.1, 0.15) is 20.7 Å². The van der Waals surface area contributed by atoms with Crippen molar-refractivity contribution in [2.24, 2.45) is 0 Å². The fraction of sp³-hybridized carbons (Fsp3) is 0.0435. The maximum Gasteiger partial charge on any atom is 0.338 e. The normalized spacial score (nSPS) is 10.3. The number of rotatable bonds is 2. The highest BCUT2D eigenvalue weighted by molar-refractivity contribution is 6.05. The molecular formula is C23H16F2O4. The molecule has 0 aromatic heterocycles. The van der Waals surface area contributed by atoms with Gasteiger partial charge in [0.25, 0.3) is 0 Å². The molecule has 6 heteroatoms. The number of carboxylic acid groups (broad SMARTS) is 1. The number of hydrogen-bond donors (Lipinski definition) is 1. The molecule has 0 unspecified atom stereocenters. The van der Waals surface area contributed by atoms with E-state index in [-0.39, 0.29) is 11.4 Å². The molecule has 0 fully saturated rings. The van der Waals surface area contributed by atoms with Crippen LogP contribution in [-0.2, 0) is 4.74 Å². The fourth-order valence-corrected chi connectivity index (χ4v) is 3.00. The second-order valence-corrected chi connectivity index (χ2v) is 6.08. The van der Waals surface area contributed by atoms with Gasteiger partial charge >= 0.3 is 11.9 Å². The van der Waals surface area contributed by atoms with Crippen molar-refractivity contribution in [3.8, 4) is 0 Å². The Hall–Kier alpha value is -3.80. The molecule has 29 heavy (non-hydrogen) atoms. The van der Waals surface area contributed by atoms with Gasteiger partial charge in [-0.2, -0.15) is 0 Å². The number of benzene rings is 4. The third-order valence-electron chi connectivity index (χ3n) is 4.38. The average molecular weight is 394 g/mol. The summed E-state index contributed by atoms with van der Waals surface area (Å²) in [6.45, 7) is 0. The minimum atomic E-state index is -1.04. The van der Waals surface area contributed by atoms with Gasteiger partial charge in [0.15, 0.2) is 0 Å². The molecule has 4 nitrogen and oxygen atoms in total. The summed E-state index contributed by atoms with van der Waals surface area (Å²) in [7, 11) is 1.31. The lowest BCUT2D eigenvalue weighted by Gasteiger charge is -2.04. The number of methoxy groups -OCH3 is 1. The van der Waals surface area contributed by atoms with E-state index in [1.54, 1.807) is 48.5 Å². The van der Waals surface area contributed by atoms with Crippen LogP contribution >= 0.6 is 0 Å². The molecule has 4 aromatic carbocycles. The van der Waals surface area contributed by atoms with Crippen molar-refractivity contribution in [1.29, 1.82) is 0 Å². The van der Waals surface area contributed by atoms with E-state index in [2.05, 4.69) is 4.74 Å². The lowest BCUT2D eigenvalue weighted by atomic mass is 10.0.